The number of anilines is 1. The van der Waals surface area contributed by atoms with Crippen molar-refractivity contribution in [1.29, 1.82) is 0 Å². The highest BCUT2D eigenvalue weighted by Crippen LogP contribution is 2.46. The molecule has 3 aromatic rings. The number of rotatable bonds is 11. The molecule has 2 aromatic carbocycles. The quantitative estimate of drug-likeness (QED) is 0.314. The van der Waals surface area contributed by atoms with Crippen LogP contribution in [0.1, 0.15) is 84.9 Å². The zero-order valence-electron chi connectivity index (χ0n) is 22.8. The Bertz CT molecular complexity index is 1270. The molecule has 1 aromatic heterocycles. The standard InChI is InChI=1S/C31H38N4O4/c1-34(19-18-28(36)37)31(38)23-10-12-24(13-11-23)32-29(21-6-4-3-5-7-21)27-20-35(33-30(27)22-8-9-22)25-14-16-26(39-2)17-15-25/h10-17,20-22,29,32H,3-9,18-19H2,1-2H3,(H,36,37). The molecule has 1 heterocycles. The van der Waals surface area contributed by atoms with E-state index in [0.717, 1.165) is 17.1 Å². The maximum atomic E-state index is 12.8. The molecule has 8 heteroatoms. The molecule has 2 N–H and O–H groups in total. The number of benzene rings is 2. The summed E-state index contributed by atoms with van der Waals surface area (Å²) in [7, 11) is 3.31. The molecule has 39 heavy (non-hydrogen) atoms. The Hall–Kier alpha value is -3.81. The van der Waals surface area contributed by atoms with Gasteiger partial charge >= 0.3 is 5.97 Å². The molecule has 0 bridgehead atoms. The van der Waals surface area contributed by atoms with E-state index < -0.39 is 5.97 Å². The van der Waals surface area contributed by atoms with Gasteiger partial charge in [0.05, 0.1) is 31.0 Å². The topological polar surface area (TPSA) is 96.7 Å². The van der Waals surface area contributed by atoms with E-state index in [1.807, 2.05) is 53.2 Å². The number of nitrogens with zero attached hydrogens (tertiary/aromatic N) is 3. The van der Waals surface area contributed by atoms with Gasteiger partial charge in [-0.15, -0.1) is 0 Å². The summed E-state index contributed by atoms with van der Waals surface area (Å²) in [6.45, 7) is 0.181. The minimum absolute atomic E-state index is 0.0709. The van der Waals surface area contributed by atoms with Gasteiger partial charge in [-0.3, -0.25) is 9.59 Å². The number of aliphatic carboxylic acids is 1. The zero-order valence-corrected chi connectivity index (χ0v) is 22.8. The van der Waals surface area contributed by atoms with Crippen molar-refractivity contribution in [2.75, 3.05) is 26.0 Å². The van der Waals surface area contributed by atoms with Crippen LogP contribution in [0.4, 0.5) is 5.69 Å². The largest absolute Gasteiger partial charge is 0.497 e. The lowest BCUT2D eigenvalue weighted by molar-refractivity contribution is -0.137. The van der Waals surface area contributed by atoms with Crippen molar-refractivity contribution >= 4 is 17.6 Å². The van der Waals surface area contributed by atoms with E-state index >= 15 is 0 Å². The average Bonchev–Trinajstić information content (AvgIpc) is 3.73. The lowest BCUT2D eigenvalue weighted by Gasteiger charge is -2.32. The van der Waals surface area contributed by atoms with Crippen LogP contribution in [-0.4, -0.2) is 52.4 Å². The van der Waals surface area contributed by atoms with E-state index in [-0.39, 0.29) is 24.9 Å². The lowest BCUT2D eigenvalue weighted by Crippen LogP contribution is -2.29. The average molecular weight is 531 g/mol. The summed E-state index contributed by atoms with van der Waals surface area (Å²) >= 11 is 0. The van der Waals surface area contributed by atoms with E-state index in [1.165, 1.54) is 61.1 Å². The Morgan fingerprint density at radius 3 is 2.36 bits per heavy atom. The van der Waals surface area contributed by atoms with Gasteiger partial charge in [0.2, 0.25) is 0 Å². The third kappa shape index (κ3) is 6.44. The normalized spacial score (nSPS) is 16.5. The third-order valence-corrected chi connectivity index (χ3v) is 7.99. The number of amides is 1. The van der Waals surface area contributed by atoms with Crippen LogP contribution in [0.3, 0.4) is 0 Å². The molecule has 2 aliphatic carbocycles. The Morgan fingerprint density at radius 1 is 1.05 bits per heavy atom. The van der Waals surface area contributed by atoms with Crippen LogP contribution >= 0.6 is 0 Å². The fourth-order valence-electron chi connectivity index (χ4n) is 5.57. The maximum absolute atomic E-state index is 12.8. The van der Waals surface area contributed by atoms with E-state index in [4.69, 9.17) is 14.9 Å². The lowest BCUT2D eigenvalue weighted by atomic mass is 9.80. The number of methoxy groups -OCH3 is 1. The number of carboxylic acids is 1. The van der Waals surface area contributed by atoms with Gasteiger partial charge in [-0.2, -0.15) is 5.10 Å². The van der Waals surface area contributed by atoms with Gasteiger partial charge in [-0.1, -0.05) is 19.3 Å². The summed E-state index contributed by atoms with van der Waals surface area (Å²) < 4.78 is 7.35. The molecule has 2 aliphatic rings. The van der Waals surface area contributed by atoms with Gasteiger partial charge in [-0.05, 0) is 80.1 Å². The highest BCUT2D eigenvalue weighted by molar-refractivity contribution is 5.94. The molecule has 206 valence electrons. The highest BCUT2D eigenvalue weighted by Gasteiger charge is 2.35. The first-order chi connectivity index (χ1) is 18.9. The van der Waals surface area contributed by atoms with Gasteiger partial charge in [0.1, 0.15) is 5.75 Å². The molecule has 8 nitrogen and oxygen atoms in total. The second-order valence-electron chi connectivity index (χ2n) is 10.9. The Labute approximate surface area is 230 Å². The van der Waals surface area contributed by atoms with Crippen molar-refractivity contribution in [3.63, 3.8) is 0 Å². The third-order valence-electron chi connectivity index (χ3n) is 7.99. The maximum Gasteiger partial charge on any atom is 0.305 e. The monoisotopic (exact) mass is 530 g/mol. The number of nitrogens with one attached hydrogen (secondary N) is 1. The molecule has 0 radical (unpaired) electrons. The van der Waals surface area contributed by atoms with Crippen LogP contribution in [-0.2, 0) is 4.79 Å². The summed E-state index contributed by atoms with van der Waals surface area (Å²) in [5.74, 6) is 0.750. The van der Waals surface area contributed by atoms with E-state index in [2.05, 4.69) is 11.5 Å². The van der Waals surface area contributed by atoms with Crippen molar-refractivity contribution in [2.24, 2.45) is 5.92 Å². The molecule has 2 saturated carbocycles. The van der Waals surface area contributed by atoms with E-state index in [0.29, 0.717) is 17.4 Å². The highest BCUT2D eigenvalue weighted by atomic mass is 16.5. The SMILES string of the molecule is COc1ccc(-n2cc(C(Nc3ccc(C(=O)N(C)CCC(=O)O)cc3)C3CCCCC3)c(C3CC3)n2)cc1. The predicted octanol–water partition coefficient (Wildman–Crippen LogP) is 6.04. The minimum atomic E-state index is -0.913. The molecule has 0 aliphatic heterocycles. The number of ether oxygens (including phenoxy) is 1. The van der Waals surface area contributed by atoms with Crippen molar-refractivity contribution in [1.82, 2.24) is 14.7 Å². The van der Waals surface area contributed by atoms with Gasteiger partial charge in [0, 0.05) is 42.5 Å². The number of carbonyl (C=O) groups excluding carboxylic acids is 1. The molecule has 0 spiro atoms. The fourth-order valence-corrected chi connectivity index (χ4v) is 5.57. The first kappa shape index (κ1) is 26.8. The Kier molecular flexibility index (Phi) is 8.19. The summed E-state index contributed by atoms with van der Waals surface area (Å²) in [6.07, 6.45) is 10.6. The van der Waals surface area contributed by atoms with Crippen LogP contribution in [0.5, 0.6) is 5.75 Å². The smallest absolute Gasteiger partial charge is 0.305 e. The van der Waals surface area contributed by atoms with E-state index in [9.17, 15) is 9.59 Å². The minimum Gasteiger partial charge on any atom is -0.497 e. The van der Waals surface area contributed by atoms with Crippen LogP contribution < -0.4 is 10.1 Å². The number of carbonyl (C=O) groups is 2. The van der Waals surface area contributed by atoms with Crippen molar-refractivity contribution in [3.8, 4) is 11.4 Å². The van der Waals surface area contributed by atoms with Crippen LogP contribution in [0.2, 0.25) is 0 Å². The summed E-state index contributed by atoms with van der Waals surface area (Å²) in [6, 6.07) is 15.7. The fraction of sp³-hybridized carbons (Fsp3) is 0.452. The van der Waals surface area contributed by atoms with E-state index in [1.54, 1.807) is 14.2 Å². The summed E-state index contributed by atoms with van der Waals surface area (Å²) in [4.78, 5) is 25.1. The van der Waals surface area contributed by atoms with Crippen molar-refractivity contribution in [2.45, 2.75) is 63.3 Å². The van der Waals surface area contributed by atoms with Crippen molar-refractivity contribution < 1.29 is 19.4 Å². The first-order valence-corrected chi connectivity index (χ1v) is 14.0. The molecular weight excluding hydrogens is 492 g/mol. The summed E-state index contributed by atoms with van der Waals surface area (Å²) in [5, 5.41) is 17.8. The molecule has 2 fully saturated rings. The second-order valence-corrected chi connectivity index (χ2v) is 10.9. The van der Waals surface area contributed by atoms with Crippen molar-refractivity contribution in [3.05, 3.63) is 71.5 Å². The molecular formula is C31H38N4O4. The molecule has 0 saturated heterocycles. The van der Waals surface area contributed by atoms with Crippen LogP contribution in [0.25, 0.3) is 5.69 Å². The number of carboxylic acid groups (broad SMARTS) is 1. The van der Waals surface area contributed by atoms with Crippen LogP contribution in [0, 0.1) is 5.92 Å². The number of hydrogen-bond donors (Lipinski definition) is 2. The molecule has 1 unspecified atom stereocenters. The first-order valence-electron chi connectivity index (χ1n) is 14.0. The predicted molar refractivity (Wildman–Crippen MR) is 151 cm³/mol. The van der Waals surface area contributed by atoms with Gasteiger partial charge in [0.15, 0.2) is 0 Å². The molecule has 5 rings (SSSR count). The Morgan fingerprint density at radius 2 is 1.74 bits per heavy atom. The number of hydrogen-bond acceptors (Lipinski definition) is 5. The van der Waals surface area contributed by atoms with Gasteiger partial charge in [-0.25, -0.2) is 4.68 Å². The molecule has 1 atom stereocenters. The summed E-state index contributed by atoms with van der Waals surface area (Å²) in [5.41, 5.74) is 5.00. The number of aromatic nitrogens is 2. The Balaban J connectivity index is 1.40. The zero-order chi connectivity index (χ0) is 27.4. The van der Waals surface area contributed by atoms with Gasteiger partial charge < -0.3 is 20.1 Å². The second kappa shape index (κ2) is 11.9. The van der Waals surface area contributed by atoms with Crippen LogP contribution in [0.15, 0.2) is 54.7 Å². The van der Waals surface area contributed by atoms with Gasteiger partial charge in [0.25, 0.3) is 5.91 Å². The molecule has 1 amide bonds.